The molecule has 1 aromatic carbocycles. The number of nitrogens with two attached hydrogens (primary N) is 1. The van der Waals surface area contributed by atoms with Gasteiger partial charge >= 0.3 is 18.1 Å². The molecule has 0 spiro atoms. The second kappa shape index (κ2) is 9.35. The number of allylic oxidation sites excluding steroid dienone is 1. The zero-order valence-corrected chi connectivity index (χ0v) is 16.2. The molecule has 0 saturated carbocycles. The third-order valence-electron chi connectivity index (χ3n) is 4.18. The molecule has 10 heteroatoms. The van der Waals surface area contributed by atoms with Gasteiger partial charge in [-0.05, 0) is 25.5 Å². The number of carbonyl (C=O) groups is 2. The maximum Gasteiger partial charge on any atom is 0.416 e. The highest BCUT2D eigenvalue weighted by molar-refractivity contribution is 5.93. The number of halogens is 3. The van der Waals surface area contributed by atoms with Crippen molar-refractivity contribution in [3.63, 3.8) is 0 Å². The number of esters is 2. The molecule has 0 aromatic heterocycles. The molecule has 1 atom stereocenters. The van der Waals surface area contributed by atoms with E-state index >= 15 is 0 Å². The van der Waals surface area contributed by atoms with E-state index in [9.17, 15) is 28.0 Å². The van der Waals surface area contributed by atoms with Crippen molar-refractivity contribution >= 4 is 11.9 Å². The zero-order valence-electron chi connectivity index (χ0n) is 16.2. The van der Waals surface area contributed by atoms with E-state index in [1.54, 1.807) is 13.0 Å². The number of ether oxygens (including phenoxy) is 3. The summed E-state index contributed by atoms with van der Waals surface area (Å²) in [6, 6.07) is 6.17. The van der Waals surface area contributed by atoms with Gasteiger partial charge in [0.25, 0.3) is 0 Å². The summed E-state index contributed by atoms with van der Waals surface area (Å²) in [7, 11) is 0. The summed E-state index contributed by atoms with van der Waals surface area (Å²) < 4.78 is 56.0. The molecular formula is C20H19F3N2O5. The summed E-state index contributed by atoms with van der Waals surface area (Å²) in [6.45, 7) is 3.01. The van der Waals surface area contributed by atoms with Gasteiger partial charge in [-0.15, -0.1) is 0 Å². The van der Waals surface area contributed by atoms with E-state index in [2.05, 4.69) is 0 Å². The molecule has 0 saturated heterocycles. The maximum absolute atomic E-state index is 13.6. The van der Waals surface area contributed by atoms with Crippen LogP contribution >= 0.6 is 0 Å². The highest BCUT2D eigenvalue weighted by Crippen LogP contribution is 2.45. The minimum Gasteiger partial charge on any atom is -0.466 e. The Kier molecular flexibility index (Phi) is 7.10. The lowest BCUT2D eigenvalue weighted by molar-refractivity contribution is -0.143. The smallest absolute Gasteiger partial charge is 0.416 e. The molecule has 1 heterocycles. The van der Waals surface area contributed by atoms with Gasteiger partial charge in [0, 0.05) is 0 Å². The average molecular weight is 424 g/mol. The number of nitrogens with zero attached hydrogens (tertiary/aromatic N) is 1. The van der Waals surface area contributed by atoms with E-state index in [4.69, 9.17) is 19.9 Å². The molecule has 30 heavy (non-hydrogen) atoms. The van der Waals surface area contributed by atoms with Gasteiger partial charge in [-0.25, -0.2) is 4.79 Å². The Balaban J connectivity index is 2.78. The van der Waals surface area contributed by atoms with Crippen molar-refractivity contribution in [3.8, 4) is 6.07 Å². The molecule has 1 aromatic rings. The number of hydrogen-bond donors (Lipinski definition) is 1. The van der Waals surface area contributed by atoms with Gasteiger partial charge < -0.3 is 19.9 Å². The van der Waals surface area contributed by atoms with Crippen LogP contribution in [-0.2, 0) is 30.0 Å². The number of carbonyl (C=O) groups excluding carboxylic acids is 2. The fourth-order valence-corrected chi connectivity index (χ4v) is 3.04. The Morgan fingerprint density at radius 1 is 1.20 bits per heavy atom. The predicted octanol–water partition coefficient (Wildman–Crippen LogP) is 3.28. The van der Waals surface area contributed by atoms with Crippen molar-refractivity contribution in [2.45, 2.75) is 32.4 Å². The number of hydrogen-bond acceptors (Lipinski definition) is 7. The molecule has 160 valence electrons. The van der Waals surface area contributed by atoms with Crippen molar-refractivity contribution in [2.75, 3.05) is 13.2 Å². The van der Waals surface area contributed by atoms with Crippen LogP contribution in [0.1, 0.15) is 37.3 Å². The van der Waals surface area contributed by atoms with Crippen LogP contribution in [0.15, 0.2) is 47.1 Å². The van der Waals surface area contributed by atoms with Crippen molar-refractivity contribution in [3.05, 3.63) is 58.2 Å². The normalized spacial score (nSPS) is 16.6. The molecule has 2 N–H and O–H groups in total. The van der Waals surface area contributed by atoms with Crippen LogP contribution in [-0.4, -0.2) is 25.2 Å². The molecule has 0 unspecified atom stereocenters. The molecule has 1 aliphatic heterocycles. The topological polar surface area (TPSA) is 112 Å². The highest BCUT2D eigenvalue weighted by atomic mass is 19.4. The molecule has 0 fully saturated rings. The molecule has 2 rings (SSSR count). The van der Waals surface area contributed by atoms with E-state index < -0.39 is 58.6 Å². The molecule has 0 bridgehead atoms. The van der Waals surface area contributed by atoms with Crippen LogP contribution in [0.3, 0.4) is 0 Å². The van der Waals surface area contributed by atoms with Gasteiger partial charge in [0.1, 0.15) is 23.8 Å². The van der Waals surface area contributed by atoms with Crippen LogP contribution in [0.2, 0.25) is 0 Å². The van der Waals surface area contributed by atoms with Crippen LogP contribution in [0.25, 0.3) is 0 Å². The van der Waals surface area contributed by atoms with Crippen LogP contribution in [0, 0.1) is 11.3 Å². The van der Waals surface area contributed by atoms with Crippen LogP contribution in [0.4, 0.5) is 13.2 Å². The zero-order chi connectivity index (χ0) is 22.5. The number of nitriles is 1. The molecule has 0 radical (unpaired) electrons. The van der Waals surface area contributed by atoms with Crippen molar-refractivity contribution in [2.24, 2.45) is 5.73 Å². The summed E-state index contributed by atoms with van der Waals surface area (Å²) in [5.74, 6) is -4.19. The second-order valence-electron chi connectivity index (χ2n) is 6.05. The average Bonchev–Trinajstić information content (AvgIpc) is 2.67. The lowest BCUT2D eigenvalue weighted by atomic mass is 9.80. The Morgan fingerprint density at radius 3 is 2.40 bits per heavy atom. The second-order valence-corrected chi connectivity index (χ2v) is 6.05. The van der Waals surface area contributed by atoms with Gasteiger partial charge in [0.05, 0.1) is 30.3 Å². The van der Waals surface area contributed by atoms with Crippen molar-refractivity contribution < 1.29 is 37.0 Å². The van der Waals surface area contributed by atoms with Gasteiger partial charge in [-0.2, -0.15) is 18.4 Å². The van der Waals surface area contributed by atoms with E-state index in [-0.39, 0.29) is 19.0 Å². The Hall–Kier alpha value is -3.48. The monoisotopic (exact) mass is 424 g/mol. The molecule has 0 amide bonds. The largest absolute Gasteiger partial charge is 0.466 e. The molecular weight excluding hydrogens is 405 g/mol. The van der Waals surface area contributed by atoms with Crippen LogP contribution < -0.4 is 5.73 Å². The quantitative estimate of drug-likeness (QED) is 0.698. The number of alkyl halides is 3. The third kappa shape index (κ3) is 4.74. The van der Waals surface area contributed by atoms with E-state index in [0.717, 1.165) is 12.1 Å². The summed E-state index contributed by atoms with van der Waals surface area (Å²) in [6.07, 6.45) is -5.35. The fraction of sp³-hybridized carbons (Fsp3) is 0.350. The number of rotatable bonds is 6. The lowest BCUT2D eigenvalue weighted by Gasteiger charge is -2.29. The first-order chi connectivity index (χ1) is 14.1. The van der Waals surface area contributed by atoms with Crippen molar-refractivity contribution in [1.29, 1.82) is 5.26 Å². The minimum absolute atomic E-state index is 0.0377. The lowest BCUT2D eigenvalue weighted by Crippen LogP contribution is -2.28. The third-order valence-corrected chi connectivity index (χ3v) is 4.18. The van der Waals surface area contributed by atoms with Gasteiger partial charge in [0.15, 0.2) is 0 Å². The Labute approximate surface area is 170 Å². The van der Waals surface area contributed by atoms with E-state index in [0.29, 0.717) is 0 Å². The first kappa shape index (κ1) is 22.8. The van der Waals surface area contributed by atoms with Gasteiger partial charge in [-0.1, -0.05) is 18.2 Å². The van der Waals surface area contributed by atoms with Crippen LogP contribution in [0.5, 0.6) is 0 Å². The Bertz CT molecular complexity index is 944. The minimum atomic E-state index is -4.77. The summed E-state index contributed by atoms with van der Waals surface area (Å²) >= 11 is 0. The maximum atomic E-state index is 13.6. The molecule has 1 aliphatic rings. The standard InChI is InChI=1S/C20H19F3N2O5/c1-3-28-15(26)9-14-17(19(27)29-4-2)16(12(10-24)18(25)30-14)11-7-5-6-8-13(11)20(21,22)23/h5-8,16H,3-4,9,25H2,1-2H3/t16-/m1/s1. The Morgan fingerprint density at radius 2 is 1.83 bits per heavy atom. The summed E-state index contributed by atoms with van der Waals surface area (Å²) in [5.41, 5.74) is 3.51. The summed E-state index contributed by atoms with van der Waals surface area (Å²) in [5, 5.41) is 9.55. The van der Waals surface area contributed by atoms with Gasteiger partial charge in [0.2, 0.25) is 5.88 Å². The predicted molar refractivity (Wildman–Crippen MR) is 97.0 cm³/mol. The van der Waals surface area contributed by atoms with E-state index in [1.165, 1.54) is 19.1 Å². The first-order valence-corrected chi connectivity index (χ1v) is 8.95. The molecule has 0 aliphatic carbocycles. The van der Waals surface area contributed by atoms with E-state index in [1.807, 2.05) is 0 Å². The fourth-order valence-electron chi connectivity index (χ4n) is 3.04. The number of benzene rings is 1. The highest BCUT2D eigenvalue weighted by Gasteiger charge is 2.43. The SMILES string of the molecule is CCOC(=O)CC1=C(C(=O)OCC)[C@H](c2ccccc2C(F)(F)F)C(C#N)=C(N)O1. The van der Waals surface area contributed by atoms with Crippen molar-refractivity contribution in [1.82, 2.24) is 0 Å². The summed E-state index contributed by atoms with van der Waals surface area (Å²) in [4.78, 5) is 24.7. The molecule has 7 nitrogen and oxygen atoms in total. The first-order valence-electron chi connectivity index (χ1n) is 8.95. The van der Waals surface area contributed by atoms with Gasteiger partial charge in [-0.3, -0.25) is 4.79 Å².